The number of nitrogens with one attached hydrogen (secondary N) is 1. The molecular weight excluding hydrogens is 239 g/mol. The summed E-state index contributed by atoms with van der Waals surface area (Å²) in [7, 11) is 0. The Morgan fingerprint density at radius 3 is 2.72 bits per heavy atom. The second-order valence-corrected chi connectivity index (χ2v) is 5.19. The van der Waals surface area contributed by atoms with Crippen molar-refractivity contribution in [3.05, 3.63) is 34.1 Å². The molecule has 2 unspecified atom stereocenters. The number of hydrogen-bond donors (Lipinski definition) is 2. The highest BCUT2D eigenvalue weighted by Gasteiger charge is 2.47. The Labute approximate surface area is 104 Å². The number of benzene rings is 1. The SMILES string of the molecule is CC1(C)C(O)CC1Nc1ccc(F)cc1[N+](=O)[O-]. The van der Waals surface area contributed by atoms with Crippen molar-refractivity contribution in [2.45, 2.75) is 32.4 Å². The topological polar surface area (TPSA) is 75.4 Å². The summed E-state index contributed by atoms with van der Waals surface area (Å²) in [6.07, 6.45) is 0.108. The number of nitrogens with zero attached hydrogens (tertiary/aromatic N) is 1. The largest absolute Gasteiger partial charge is 0.392 e. The van der Waals surface area contributed by atoms with Gasteiger partial charge in [0.2, 0.25) is 0 Å². The van der Waals surface area contributed by atoms with Gasteiger partial charge in [0.1, 0.15) is 11.5 Å². The van der Waals surface area contributed by atoms with Crippen LogP contribution in [0.1, 0.15) is 20.3 Å². The zero-order valence-corrected chi connectivity index (χ0v) is 10.2. The van der Waals surface area contributed by atoms with E-state index in [0.29, 0.717) is 6.42 Å². The van der Waals surface area contributed by atoms with Crippen LogP contribution in [0.4, 0.5) is 15.8 Å². The molecule has 1 saturated carbocycles. The Hall–Kier alpha value is -1.69. The lowest BCUT2D eigenvalue weighted by Gasteiger charge is -2.49. The molecule has 1 aliphatic rings. The van der Waals surface area contributed by atoms with E-state index in [1.165, 1.54) is 12.1 Å². The monoisotopic (exact) mass is 254 g/mol. The Kier molecular flexibility index (Phi) is 2.98. The third-order valence-electron chi connectivity index (χ3n) is 3.70. The van der Waals surface area contributed by atoms with E-state index in [1.54, 1.807) is 0 Å². The highest BCUT2D eigenvalue weighted by molar-refractivity contribution is 5.62. The summed E-state index contributed by atoms with van der Waals surface area (Å²) in [6.45, 7) is 3.77. The first-order chi connectivity index (χ1) is 8.32. The summed E-state index contributed by atoms with van der Waals surface area (Å²) in [4.78, 5) is 10.2. The van der Waals surface area contributed by atoms with Crippen molar-refractivity contribution in [3.8, 4) is 0 Å². The van der Waals surface area contributed by atoms with Gasteiger partial charge in [0, 0.05) is 11.5 Å². The van der Waals surface area contributed by atoms with Crippen molar-refractivity contribution in [1.29, 1.82) is 0 Å². The van der Waals surface area contributed by atoms with E-state index < -0.39 is 16.8 Å². The molecule has 0 aromatic heterocycles. The zero-order chi connectivity index (χ0) is 13.5. The lowest BCUT2D eigenvalue weighted by molar-refractivity contribution is -0.384. The van der Waals surface area contributed by atoms with Gasteiger partial charge in [-0.2, -0.15) is 0 Å². The second kappa shape index (κ2) is 4.20. The Balaban J connectivity index is 2.23. The van der Waals surface area contributed by atoms with Crippen LogP contribution < -0.4 is 5.32 Å². The van der Waals surface area contributed by atoms with Gasteiger partial charge in [0.25, 0.3) is 5.69 Å². The summed E-state index contributed by atoms with van der Waals surface area (Å²) in [5, 5.41) is 23.5. The number of halogens is 1. The van der Waals surface area contributed by atoms with Gasteiger partial charge in [0.05, 0.1) is 17.1 Å². The van der Waals surface area contributed by atoms with E-state index in [-0.39, 0.29) is 22.8 Å². The third kappa shape index (κ3) is 2.03. The van der Waals surface area contributed by atoms with Gasteiger partial charge < -0.3 is 10.4 Å². The first-order valence-corrected chi connectivity index (χ1v) is 5.71. The Bertz CT molecular complexity index is 490. The molecule has 1 aromatic carbocycles. The molecule has 0 aliphatic heterocycles. The maximum atomic E-state index is 13.0. The fourth-order valence-corrected chi connectivity index (χ4v) is 2.11. The summed E-state index contributed by atoms with van der Waals surface area (Å²) in [5.41, 5.74) is -0.346. The van der Waals surface area contributed by atoms with Crippen LogP contribution in [-0.4, -0.2) is 22.2 Å². The number of rotatable bonds is 3. The van der Waals surface area contributed by atoms with Crippen molar-refractivity contribution < 1.29 is 14.4 Å². The quantitative estimate of drug-likeness (QED) is 0.641. The van der Waals surface area contributed by atoms with Crippen LogP contribution in [0, 0.1) is 21.3 Å². The molecule has 1 aromatic rings. The van der Waals surface area contributed by atoms with Gasteiger partial charge in [-0.15, -0.1) is 0 Å². The van der Waals surface area contributed by atoms with Crippen molar-refractivity contribution in [3.63, 3.8) is 0 Å². The van der Waals surface area contributed by atoms with Crippen LogP contribution in [0.15, 0.2) is 18.2 Å². The predicted molar refractivity (Wildman–Crippen MR) is 64.9 cm³/mol. The minimum atomic E-state index is -0.639. The average molecular weight is 254 g/mol. The highest BCUT2D eigenvalue weighted by Crippen LogP contribution is 2.43. The first-order valence-electron chi connectivity index (χ1n) is 5.71. The van der Waals surface area contributed by atoms with Gasteiger partial charge in [0.15, 0.2) is 0 Å². The first kappa shape index (κ1) is 12.8. The predicted octanol–water partition coefficient (Wildman–Crippen LogP) is 2.31. The van der Waals surface area contributed by atoms with Crippen molar-refractivity contribution in [1.82, 2.24) is 0 Å². The van der Waals surface area contributed by atoms with Crippen molar-refractivity contribution in [2.75, 3.05) is 5.32 Å². The number of nitro groups is 1. The minimum absolute atomic E-state index is 0.0586. The van der Waals surface area contributed by atoms with E-state index in [0.717, 1.165) is 6.07 Å². The summed E-state index contributed by atoms with van der Waals surface area (Å²) in [6, 6.07) is 3.37. The Morgan fingerprint density at radius 1 is 1.56 bits per heavy atom. The van der Waals surface area contributed by atoms with E-state index in [2.05, 4.69) is 5.32 Å². The van der Waals surface area contributed by atoms with E-state index in [1.807, 2.05) is 13.8 Å². The summed E-state index contributed by atoms with van der Waals surface area (Å²) < 4.78 is 13.0. The number of anilines is 1. The van der Waals surface area contributed by atoms with Crippen molar-refractivity contribution >= 4 is 11.4 Å². The van der Waals surface area contributed by atoms with Crippen molar-refractivity contribution in [2.24, 2.45) is 5.41 Å². The number of nitro benzene ring substituents is 1. The molecular formula is C12H15FN2O3. The maximum Gasteiger partial charge on any atom is 0.295 e. The molecule has 0 radical (unpaired) electrons. The molecule has 5 nitrogen and oxygen atoms in total. The second-order valence-electron chi connectivity index (χ2n) is 5.19. The highest BCUT2D eigenvalue weighted by atomic mass is 19.1. The minimum Gasteiger partial charge on any atom is -0.392 e. The molecule has 1 fully saturated rings. The molecule has 0 heterocycles. The summed E-state index contributed by atoms with van der Waals surface area (Å²) >= 11 is 0. The van der Waals surface area contributed by atoms with Gasteiger partial charge >= 0.3 is 0 Å². The fourth-order valence-electron chi connectivity index (χ4n) is 2.11. The molecule has 0 amide bonds. The maximum absolute atomic E-state index is 13.0. The normalized spacial score (nSPS) is 25.3. The molecule has 2 rings (SSSR count). The molecule has 98 valence electrons. The van der Waals surface area contributed by atoms with Gasteiger partial charge in [-0.3, -0.25) is 10.1 Å². The molecule has 1 aliphatic carbocycles. The van der Waals surface area contributed by atoms with E-state index >= 15 is 0 Å². The average Bonchev–Trinajstić information content (AvgIpc) is 2.30. The lowest BCUT2D eigenvalue weighted by atomic mass is 9.64. The van der Waals surface area contributed by atoms with Crippen LogP contribution >= 0.6 is 0 Å². The third-order valence-corrected chi connectivity index (χ3v) is 3.70. The molecule has 6 heteroatoms. The zero-order valence-electron chi connectivity index (χ0n) is 10.2. The van der Waals surface area contributed by atoms with Crippen LogP contribution in [-0.2, 0) is 0 Å². The van der Waals surface area contributed by atoms with Crippen LogP contribution in [0.2, 0.25) is 0 Å². The standard InChI is InChI=1S/C12H15FN2O3/c1-12(2)10(6-11(12)16)14-8-4-3-7(13)5-9(8)15(17)18/h3-5,10-11,14,16H,6H2,1-2H3. The smallest absolute Gasteiger partial charge is 0.295 e. The lowest BCUT2D eigenvalue weighted by Crippen LogP contribution is -2.56. The van der Waals surface area contributed by atoms with Gasteiger partial charge in [-0.1, -0.05) is 13.8 Å². The number of hydrogen-bond acceptors (Lipinski definition) is 4. The van der Waals surface area contributed by atoms with E-state index in [4.69, 9.17) is 0 Å². The fraction of sp³-hybridized carbons (Fsp3) is 0.500. The van der Waals surface area contributed by atoms with Crippen LogP contribution in [0.25, 0.3) is 0 Å². The molecule has 18 heavy (non-hydrogen) atoms. The molecule has 0 spiro atoms. The number of aliphatic hydroxyl groups excluding tert-OH is 1. The molecule has 2 N–H and O–H groups in total. The van der Waals surface area contributed by atoms with E-state index in [9.17, 15) is 19.6 Å². The summed E-state index contributed by atoms with van der Waals surface area (Å²) in [5.74, 6) is -0.639. The van der Waals surface area contributed by atoms with Gasteiger partial charge in [-0.25, -0.2) is 4.39 Å². The van der Waals surface area contributed by atoms with Crippen LogP contribution in [0.5, 0.6) is 0 Å². The van der Waals surface area contributed by atoms with Crippen LogP contribution in [0.3, 0.4) is 0 Å². The molecule has 0 saturated heterocycles. The Morgan fingerprint density at radius 2 is 2.22 bits per heavy atom. The number of aliphatic hydroxyl groups is 1. The molecule has 0 bridgehead atoms. The molecule has 2 atom stereocenters. The van der Waals surface area contributed by atoms with Gasteiger partial charge in [-0.05, 0) is 18.6 Å².